The van der Waals surface area contributed by atoms with Crippen LogP contribution in [0.25, 0.3) is 0 Å². The predicted octanol–water partition coefficient (Wildman–Crippen LogP) is 2.74. The van der Waals surface area contributed by atoms with Crippen molar-refractivity contribution in [3.63, 3.8) is 0 Å². The number of benzene rings is 1. The number of methoxy groups -OCH3 is 1. The van der Waals surface area contributed by atoms with Gasteiger partial charge < -0.3 is 10.1 Å². The van der Waals surface area contributed by atoms with E-state index in [4.69, 9.17) is 4.74 Å². The molecule has 3 nitrogen and oxygen atoms in total. The molecule has 1 N–H and O–H groups in total. The van der Waals surface area contributed by atoms with Gasteiger partial charge in [0.25, 0.3) is 0 Å². The first kappa shape index (κ1) is 17.3. The van der Waals surface area contributed by atoms with Crippen molar-refractivity contribution < 1.29 is 8.95 Å². The Labute approximate surface area is 125 Å². The lowest BCUT2D eigenvalue weighted by atomic mass is 10.0. The van der Waals surface area contributed by atoms with Crippen LogP contribution in [-0.2, 0) is 15.5 Å². The molecule has 0 saturated carbocycles. The molecule has 1 aromatic rings. The standard InChI is InChI=1S/C16H27NO2S/c1-5-17-16(12-20(18)10-6-9-19-4)15-8-7-13(2)14(3)11-15/h7-8,11,16-17H,5-6,9-10,12H2,1-4H3. The summed E-state index contributed by atoms with van der Waals surface area (Å²) in [5.41, 5.74) is 3.82. The summed E-state index contributed by atoms with van der Waals surface area (Å²) in [6.07, 6.45) is 0.856. The van der Waals surface area contributed by atoms with Gasteiger partial charge in [-0.2, -0.15) is 0 Å². The van der Waals surface area contributed by atoms with E-state index in [-0.39, 0.29) is 6.04 Å². The third-order valence-electron chi connectivity index (χ3n) is 3.46. The van der Waals surface area contributed by atoms with Gasteiger partial charge in [-0.1, -0.05) is 25.1 Å². The Hall–Kier alpha value is -0.710. The SMILES string of the molecule is CCNC(CS(=O)CCCOC)c1ccc(C)c(C)c1. The molecule has 0 bridgehead atoms. The normalized spacial score (nSPS) is 14.2. The van der Waals surface area contributed by atoms with Crippen molar-refractivity contribution >= 4 is 10.8 Å². The molecule has 4 heteroatoms. The number of rotatable bonds is 9. The maximum absolute atomic E-state index is 12.1. The topological polar surface area (TPSA) is 38.3 Å². The van der Waals surface area contributed by atoms with E-state index >= 15 is 0 Å². The maximum atomic E-state index is 12.1. The molecule has 0 amide bonds. The fourth-order valence-electron chi connectivity index (χ4n) is 2.13. The monoisotopic (exact) mass is 297 g/mol. The third kappa shape index (κ3) is 5.73. The molecular weight excluding hydrogens is 270 g/mol. The van der Waals surface area contributed by atoms with Gasteiger partial charge in [0.2, 0.25) is 0 Å². The van der Waals surface area contributed by atoms with E-state index in [1.165, 1.54) is 16.7 Å². The van der Waals surface area contributed by atoms with Gasteiger partial charge in [0.05, 0.1) is 0 Å². The zero-order valence-corrected chi connectivity index (χ0v) is 13.9. The maximum Gasteiger partial charge on any atom is 0.0471 e. The van der Waals surface area contributed by atoms with Crippen LogP contribution in [0.3, 0.4) is 0 Å². The number of aryl methyl sites for hydroxylation is 2. The molecule has 0 aliphatic carbocycles. The van der Waals surface area contributed by atoms with E-state index in [0.717, 1.165) is 13.0 Å². The molecule has 0 aliphatic heterocycles. The highest BCUT2D eigenvalue weighted by Crippen LogP contribution is 2.18. The van der Waals surface area contributed by atoms with Gasteiger partial charge in [0.15, 0.2) is 0 Å². The molecule has 0 spiro atoms. The lowest BCUT2D eigenvalue weighted by Gasteiger charge is -2.19. The summed E-state index contributed by atoms with van der Waals surface area (Å²) < 4.78 is 17.2. The number of hydrogen-bond donors (Lipinski definition) is 1. The quantitative estimate of drug-likeness (QED) is 0.712. The van der Waals surface area contributed by atoms with Crippen molar-refractivity contribution in [2.45, 2.75) is 33.2 Å². The molecule has 1 rings (SSSR count). The minimum atomic E-state index is -0.808. The van der Waals surface area contributed by atoms with Gasteiger partial charge in [-0.3, -0.25) is 4.21 Å². The molecule has 2 unspecified atom stereocenters. The summed E-state index contributed by atoms with van der Waals surface area (Å²) in [4.78, 5) is 0. The van der Waals surface area contributed by atoms with Crippen LogP contribution >= 0.6 is 0 Å². The van der Waals surface area contributed by atoms with E-state index in [2.05, 4.69) is 44.3 Å². The largest absolute Gasteiger partial charge is 0.385 e. The average molecular weight is 297 g/mol. The highest BCUT2D eigenvalue weighted by Gasteiger charge is 2.14. The van der Waals surface area contributed by atoms with Crippen molar-refractivity contribution in [1.82, 2.24) is 5.32 Å². The molecule has 0 saturated heterocycles. The number of nitrogens with one attached hydrogen (secondary N) is 1. The Morgan fingerprint density at radius 3 is 2.65 bits per heavy atom. The highest BCUT2D eigenvalue weighted by molar-refractivity contribution is 7.85. The van der Waals surface area contributed by atoms with Crippen LogP contribution < -0.4 is 5.32 Å². The van der Waals surface area contributed by atoms with Gasteiger partial charge in [-0.15, -0.1) is 0 Å². The van der Waals surface area contributed by atoms with Gasteiger partial charge >= 0.3 is 0 Å². The van der Waals surface area contributed by atoms with E-state index in [1.54, 1.807) is 7.11 Å². The predicted molar refractivity (Wildman–Crippen MR) is 86.7 cm³/mol. The van der Waals surface area contributed by atoms with Gasteiger partial charge in [0.1, 0.15) is 0 Å². The van der Waals surface area contributed by atoms with Gasteiger partial charge in [-0.05, 0) is 43.5 Å². The zero-order chi connectivity index (χ0) is 15.0. The van der Waals surface area contributed by atoms with E-state index < -0.39 is 10.8 Å². The molecule has 114 valence electrons. The molecule has 2 atom stereocenters. The zero-order valence-electron chi connectivity index (χ0n) is 13.1. The Kier molecular flexibility index (Phi) is 8.04. The summed E-state index contributed by atoms with van der Waals surface area (Å²) in [7, 11) is 0.872. The molecule has 20 heavy (non-hydrogen) atoms. The van der Waals surface area contributed by atoms with Crippen molar-refractivity contribution in [1.29, 1.82) is 0 Å². The average Bonchev–Trinajstić information content (AvgIpc) is 2.42. The molecule has 1 aromatic carbocycles. The van der Waals surface area contributed by atoms with Crippen LogP contribution in [-0.4, -0.2) is 36.0 Å². The second-order valence-electron chi connectivity index (χ2n) is 5.11. The van der Waals surface area contributed by atoms with Crippen LogP contribution in [0.4, 0.5) is 0 Å². The van der Waals surface area contributed by atoms with Gasteiger partial charge in [0, 0.05) is 42.1 Å². The summed E-state index contributed by atoms with van der Waals surface area (Å²) in [6.45, 7) is 7.89. The van der Waals surface area contributed by atoms with Crippen molar-refractivity contribution in [3.8, 4) is 0 Å². The van der Waals surface area contributed by atoms with Crippen LogP contribution in [0, 0.1) is 13.8 Å². The first-order valence-corrected chi connectivity index (χ1v) is 8.71. The second kappa shape index (κ2) is 9.27. The Balaban J connectivity index is 2.67. The van der Waals surface area contributed by atoms with Crippen molar-refractivity contribution in [2.24, 2.45) is 0 Å². The second-order valence-corrected chi connectivity index (χ2v) is 6.73. The Bertz CT molecular complexity index is 434. The Morgan fingerprint density at radius 2 is 2.05 bits per heavy atom. The van der Waals surface area contributed by atoms with Crippen LogP contribution in [0.5, 0.6) is 0 Å². The third-order valence-corrected chi connectivity index (χ3v) is 4.91. The van der Waals surface area contributed by atoms with Crippen LogP contribution in [0.15, 0.2) is 18.2 Å². The fraction of sp³-hybridized carbons (Fsp3) is 0.625. The molecule has 0 fully saturated rings. The fourth-order valence-corrected chi connectivity index (χ4v) is 3.42. The number of hydrogen-bond acceptors (Lipinski definition) is 3. The Morgan fingerprint density at radius 1 is 1.30 bits per heavy atom. The van der Waals surface area contributed by atoms with E-state index in [0.29, 0.717) is 18.1 Å². The van der Waals surface area contributed by atoms with Gasteiger partial charge in [-0.25, -0.2) is 0 Å². The minimum absolute atomic E-state index is 0.169. The minimum Gasteiger partial charge on any atom is -0.385 e. The lowest BCUT2D eigenvalue weighted by molar-refractivity contribution is 0.200. The number of ether oxygens (including phenoxy) is 1. The highest BCUT2D eigenvalue weighted by atomic mass is 32.2. The molecule has 0 aromatic heterocycles. The summed E-state index contributed by atoms with van der Waals surface area (Å²) >= 11 is 0. The van der Waals surface area contributed by atoms with Crippen molar-refractivity contribution in [2.75, 3.05) is 31.8 Å². The lowest BCUT2D eigenvalue weighted by Crippen LogP contribution is -2.27. The summed E-state index contributed by atoms with van der Waals surface area (Å²) in [6, 6.07) is 6.66. The van der Waals surface area contributed by atoms with Crippen LogP contribution in [0.2, 0.25) is 0 Å². The smallest absolute Gasteiger partial charge is 0.0471 e. The molecule has 0 radical (unpaired) electrons. The molecular formula is C16H27NO2S. The summed E-state index contributed by atoms with van der Waals surface area (Å²) in [5.74, 6) is 1.38. The van der Waals surface area contributed by atoms with E-state index in [1.807, 2.05) is 0 Å². The summed E-state index contributed by atoms with van der Waals surface area (Å²) in [5, 5.41) is 3.44. The first-order valence-electron chi connectivity index (χ1n) is 7.23. The first-order chi connectivity index (χ1) is 9.58. The molecule has 0 heterocycles. The molecule has 0 aliphatic rings. The van der Waals surface area contributed by atoms with Crippen molar-refractivity contribution in [3.05, 3.63) is 34.9 Å². The van der Waals surface area contributed by atoms with Crippen LogP contribution in [0.1, 0.15) is 36.1 Å². The van der Waals surface area contributed by atoms with E-state index in [9.17, 15) is 4.21 Å².